The molecule has 0 rings (SSSR count). The van der Waals surface area contributed by atoms with E-state index < -0.39 is 17.8 Å². The lowest BCUT2D eigenvalue weighted by atomic mass is 10.0. The Hall–Kier alpha value is -1.06. The first kappa shape index (κ1) is 9.94. The molecule has 0 aromatic rings. The summed E-state index contributed by atoms with van der Waals surface area (Å²) in [7, 11) is 0. The Morgan fingerprint density at radius 3 is 2.36 bits per heavy atom. The van der Waals surface area contributed by atoms with Crippen molar-refractivity contribution in [2.75, 3.05) is 0 Å². The van der Waals surface area contributed by atoms with Crippen LogP contribution >= 0.6 is 0 Å². The van der Waals surface area contributed by atoms with Gasteiger partial charge >= 0.3 is 5.97 Å². The van der Waals surface area contributed by atoms with Crippen LogP contribution in [0.15, 0.2) is 0 Å². The van der Waals surface area contributed by atoms with E-state index >= 15 is 0 Å². The van der Waals surface area contributed by atoms with Gasteiger partial charge in [-0.2, -0.15) is 0 Å². The quantitative estimate of drug-likeness (QED) is 0.568. The summed E-state index contributed by atoms with van der Waals surface area (Å²) in [6.45, 7) is 1.93. The van der Waals surface area contributed by atoms with Gasteiger partial charge in [-0.3, -0.25) is 9.59 Å². The van der Waals surface area contributed by atoms with Gasteiger partial charge in [0.1, 0.15) is 5.92 Å². The van der Waals surface area contributed by atoms with Crippen LogP contribution in [-0.2, 0) is 9.59 Å². The molecular weight excluding hydrogens is 146 g/mol. The van der Waals surface area contributed by atoms with Gasteiger partial charge in [-0.25, -0.2) is 0 Å². The number of carbonyl (C=O) groups excluding carboxylic acids is 1. The normalized spacial score (nSPS) is 12.5. The van der Waals surface area contributed by atoms with Gasteiger partial charge in [0.15, 0.2) is 0 Å². The fourth-order valence-corrected chi connectivity index (χ4v) is 0.796. The summed E-state index contributed by atoms with van der Waals surface area (Å²) in [4.78, 5) is 20.8. The number of rotatable bonds is 5. The molecule has 0 aromatic heterocycles. The molecule has 0 bridgehead atoms. The minimum Gasteiger partial charge on any atom is -0.481 e. The van der Waals surface area contributed by atoms with Gasteiger partial charge in [0, 0.05) is 0 Å². The number of carbonyl (C=O) groups is 2. The Morgan fingerprint density at radius 2 is 2.09 bits per heavy atom. The summed E-state index contributed by atoms with van der Waals surface area (Å²) in [5.41, 5.74) is 4.86. The topological polar surface area (TPSA) is 80.4 Å². The second kappa shape index (κ2) is 4.71. The number of amides is 1. The molecule has 64 valence electrons. The van der Waals surface area contributed by atoms with E-state index in [-0.39, 0.29) is 0 Å². The molecule has 0 aliphatic carbocycles. The fourth-order valence-electron chi connectivity index (χ4n) is 0.796. The fraction of sp³-hybridized carbons (Fsp3) is 0.714. The third-order valence-corrected chi connectivity index (χ3v) is 1.49. The summed E-state index contributed by atoms with van der Waals surface area (Å²) in [6, 6.07) is 0. The van der Waals surface area contributed by atoms with Crippen LogP contribution in [0.4, 0.5) is 0 Å². The zero-order chi connectivity index (χ0) is 8.85. The SMILES string of the molecule is CCCCC(C(N)=O)C(=O)O. The van der Waals surface area contributed by atoms with Gasteiger partial charge in [-0.15, -0.1) is 0 Å². The number of carboxylic acids is 1. The lowest BCUT2D eigenvalue weighted by Crippen LogP contribution is -2.29. The molecule has 0 aromatic carbocycles. The summed E-state index contributed by atoms with van der Waals surface area (Å²) in [6.07, 6.45) is 1.94. The molecule has 1 atom stereocenters. The molecule has 4 heteroatoms. The van der Waals surface area contributed by atoms with Crippen LogP contribution in [-0.4, -0.2) is 17.0 Å². The highest BCUT2D eigenvalue weighted by Crippen LogP contribution is 2.07. The standard InChI is InChI=1S/C7H13NO3/c1-2-3-4-5(6(8)9)7(10)11/h5H,2-4H2,1H3,(H2,8,9)(H,10,11). The lowest BCUT2D eigenvalue weighted by Gasteiger charge is -2.05. The molecule has 4 nitrogen and oxygen atoms in total. The number of primary amides is 1. The zero-order valence-corrected chi connectivity index (χ0v) is 6.54. The maximum absolute atomic E-state index is 10.5. The van der Waals surface area contributed by atoms with Crippen LogP contribution in [0.1, 0.15) is 26.2 Å². The first-order valence-electron chi connectivity index (χ1n) is 3.61. The summed E-state index contributed by atoms with van der Waals surface area (Å²) in [5, 5.41) is 8.47. The van der Waals surface area contributed by atoms with Crippen molar-refractivity contribution in [1.29, 1.82) is 0 Å². The molecule has 0 saturated heterocycles. The molecule has 3 N–H and O–H groups in total. The largest absolute Gasteiger partial charge is 0.481 e. The number of aliphatic carboxylic acids is 1. The second-order valence-corrected chi connectivity index (χ2v) is 2.44. The summed E-state index contributed by atoms with van der Waals surface area (Å²) in [5.74, 6) is -2.87. The maximum Gasteiger partial charge on any atom is 0.316 e. The maximum atomic E-state index is 10.5. The second-order valence-electron chi connectivity index (χ2n) is 2.44. The van der Waals surface area contributed by atoms with E-state index in [9.17, 15) is 9.59 Å². The van der Waals surface area contributed by atoms with Crippen LogP contribution in [0.3, 0.4) is 0 Å². The van der Waals surface area contributed by atoms with Gasteiger partial charge in [-0.05, 0) is 6.42 Å². The Balaban J connectivity index is 3.90. The van der Waals surface area contributed by atoms with E-state index in [1.54, 1.807) is 0 Å². The lowest BCUT2D eigenvalue weighted by molar-refractivity contribution is -0.146. The molecule has 11 heavy (non-hydrogen) atoms. The Labute approximate surface area is 65.4 Å². The predicted molar refractivity (Wildman–Crippen MR) is 39.8 cm³/mol. The van der Waals surface area contributed by atoms with Gasteiger partial charge in [0.2, 0.25) is 5.91 Å². The highest BCUT2D eigenvalue weighted by atomic mass is 16.4. The van der Waals surface area contributed by atoms with Crippen molar-refractivity contribution < 1.29 is 14.7 Å². The summed E-state index contributed by atoms with van der Waals surface area (Å²) < 4.78 is 0. The molecule has 0 radical (unpaired) electrons. The van der Waals surface area contributed by atoms with Crippen molar-refractivity contribution in [2.45, 2.75) is 26.2 Å². The Kier molecular flexibility index (Phi) is 4.26. The number of hydrogen-bond donors (Lipinski definition) is 2. The van der Waals surface area contributed by atoms with Crippen LogP contribution < -0.4 is 5.73 Å². The third-order valence-electron chi connectivity index (χ3n) is 1.49. The Bertz CT molecular complexity index is 142. The number of nitrogens with two attached hydrogens (primary N) is 1. The highest BCUT2D eigenvalue weighted by molar-refractivity contribution is 5.95. The third kappa shape index (κ3) is 3.60. The molecule has 0 fully saturated rings. The van der Waals surface area contributed by atoms with E-state index in [1.807, 2.05) is 6.92 Å². The van der Waals surface area contributed by atoms with Crippen molar-refractivity contribution in [3.63, 3.8) is 0 Å². The van der Waals surface area contributed by atoms with Crippen molar-refractivity contribution in [3.8, 4) is 0 Å². The smallest absolute Gasteiger partial charge is 0.316 e. The predicted octanol–water partition coefficient (Wildman–Crippen LogP) is 0.363. The minimum atomic E-state index is -1.12. The average molecular weight is 159 g/mol. The van der Waals surface area contributed by atoms with Crippen molar-refractivity contribution in [1.82, 2.24) is 0 Å². The van der Waals surface area contributed by atoms with Gasteiger partial charge in [0.25, 0.3) is 0 Å². The molecule has 0 aliphatic rings. The average Bonchev–Trinajstić information content (AvgIpc) is 1.87. The number of hydrogen-bond acceptors (Lipinski definition) is 2. The molecule has 0 heterocycles. The van der Waals surface area contributed by atoms with E-state index in [0.717, 1.165) is 12.8 Å². The van der Waals surface area contributed by atoms with Crippen molar-refractivity contribution >= 4 is 11.9 Å². The van der Waals surface area contributed by atoms with Crippen molar-refractivity contribution in [3.05, 3.63) is 0 Å². The van der Waals surface area contributed by atoms with E-state index in [0.29, 0.717) is 6.42 Å². The van der Waals surface area contributed by atoms with E-state index in [1.165, 1.54) is 0 Å². The molecule has 1 amide bonds. The van der Waals surface area contributed by atoms with Gasteiger partial charge in [-0.1, -0.05) is 19.8 Å². The minimum absolute atomic E-state index is 0.348. The van der Waals surface area contributed by atoms with Crippen LogP contribution in [0.25, 0.3) is 0 Å². The summed E-state index contributed by atoms with van der Waals surface area (Å²) >= 11 is 0. The van der Waals surface area contributed by atoms with Crippen LogP contribution in [0.2, 0.25) is 0 Å². The van der Waals surface area contributed by atoms with Crippen LogP contribution in [0.5, 0.6) is 0 Å². The molecule has 0 spiro atoms. The van der Waals surface area contributed by atoms with E-state index in [4.69, 9.17) is 10.8 Å². The highest BCUT2D eigenvalue weighted by Gasteiger charge is 2.22. The van der Waals surface area contributed by atoms with Crippen molar-refractivity contribution in [2.24, 2.45) is 11.7 Å². The van der Waals surface area contributed by atoms with Gasteiger partial charge < -0.3 is 10.8 Å². The molecule has 1 unspecified atom stereocenters. The number of unbranched alkanes of at least 4 members (excludes halogenated alkanes) is 1. The molecular formula is C7H13NO3. The molecule has 0 saturated carbocycles. The number of carboxylic acid groups (broad SMARTS) is 1. The van der Waals surface area contributed by atoms with E-state index in [2.05, 4.69) is 0 Å². The molecule has 0 aliphatic heterocycles. The Morgan fingerprint density at radius 1 is 1.55 bits per heavy atom. The van der Waals surface area contributed by atoms with Crippen LogP contribution in [0, 0.1) is 5.92 Å². The first-order chi connectivity index (χ1) is 5.09. The van der Waals surface area contributed by atoms with Gasteiger partial charge in [0.05, 0.1) is 0 Å². The zero-order valence-electron chi connectivity index (χ0n) is 6.54. The monoisotopic (exact) mass is 159 g/mol. The first-order valence-corrected chi connectivity index (χ1v) is 3.61.